The summed E-state index contributed by atoms with van der Waals surface area (Å²) in [5.41, 5.74) is 0. The number of hydrogen-bond acceptors (Lipinski definition) is 4. The Morgan fingerprint density at radius 3 is 2.13 bits per heavy atom. The Labute approximate surface area is 119 Å². The van der Waals surface area contributed by atoms with E-state index in [1.165, 1.54) is 6.08 Å². The molecule has 1 fully saturated rings. The number of aliphatic hydroxyl groups is 3. The maximum Gasteiger partial charge on any atom is 0.106 e. The zero-order valence-corrected chi connectivity index (χ0v) is 14.4. The second kappa shape index (κ2) is 11.4. The van der Waals surface area contributed by atoms with Crippen molar-refractivity contribution in [3.63, 3.8) is 0 Å². The van der Waals surface area contributed by atoms with Crippen LogP contribution in [0.25, 0.3) is 0 Å². The molecule has 0 spiro atoms. The first-order valence-corrected chi connectivity index (χ1v) is 4.16. The van der Waals surface area contributed by atoms with E-state index < -0.39 is 12.2 Å². The van der Waals surface area contributed by atoms with Crippen LogP contribution in [0, 0.1) is 6.58 Å². The Morgan fingerprint density at radius 1 is 1.33 bits per heavy atom. The molecule has 1 radical (unpaired) electrons. The zero-order valence-electron chi connectivity index (χ0n) is 8.71. The van der Waals surface area contributed by atoms with Crippen LogP contribution in [-0.2, 0) is 46.2 Å². The Bertz CT molecular complexity index is 147. The molecule has 0 aromatic carbocycles. The van der Waals surface area contributed by atoms with Crippen molar-refractivity contribution < 1.29 is 61.5 Å². The average molecular weight is 559 g/mol. The molecular weight excluding hydrogens is 542 g/mol. The minimum absolute atomic E-state index is 0. The Morgan fingerprint density at radius 2 is 1.80 bits per heavy atom. The molecule has 0 aliphatic carbocycles. The maximum atomic E-state index is 9.24. The summed E-state index contributed by atoms with van der Waals surface area (Å²) in [5, 5.41) is 25.5. The summed E-state index contributed by atoms with van der Waals surface area (Å²) >= 11 is 0. The van der Waals surface area contributed by atoms with E-state index in [1.807, 2.05) is 0 Å². The van der Waals surface area contributed by atoms with Crippen molar-refractivity contribution in [2.45, 2.75) is 37.8 Å². The van der Waals surface area contributed by atoms with Crippen molar-refractivity contribution in [1.82, 2.24) is 0 Å². The van der Waals surface area contributed by atoms with Gasteiger partial charge in [0.2, 0.25) is 0 Å². The van der Waals surface area contributed by atoms with E-state index >= 15 is 0 Å². The van der Waals surface area contributed by atoms with E-state index in [0.717, 1.165) is 7.11 Å². The van der Waals surface area contributed by atoms with Crippen LogP contribution in [-0.4, -0.2) is 46.8 Å². The van der Waals surface area contributed by atoms with Crippen molar-refractivity contribution in [3.05, 3.63) is 12.7 Å². The number of rotatable bonds is 1. The summed E-state index contributed by atoms with van der Waals surface area (Å²) in [6.45, 7) is 6.94. The molecular formula is C9H17O4ReW-. The Hall–Kier alpha value is 0.931. The molecule has 0 aromatic rings. The monoisotopic (exact) mass is 560 g/mol. The molecule has 3 N–H and O–H groups in total. The topological polar surface area (TPSA) is 69.9 Å². The SMILES string of the molecule is CO.[CH-]=CC1CC(O)C(O)C(C)O1.[Re].[W]. The van der Waals surface area contributed by atoms with Crippen LogP contribution >= 0.6 is 0 Å². The third kappa shape index (κ3) is 6.97. The van der Waals surface area contributed by atoms with Gasteiger partial charge in [-0.3, -0.25) is 0 Å². The van der Waals surface area contributed by atoms with Gasteiger partial charge < -0.3 is 26.6 Å². The van der Waals surface area contributed by atoms with Crippen molar-refractivity contribution >= 4 is 0 Å². The number of hydrogen-bond donors (Lipinski definition) is 3. The minimum Gasteiger partial charge on any atom is -0.515 e. The van der Waals surface area contributed by atoms with E-state index in [-0.39, 0.29) is 53.7 Å². The zero-order chi connectivity index (χ0) is 10.4. The normalized spacial score (nSPS) is 33.7. The summed E-state index contributed by atoms with van der Waals surface area (Å²) < 4.78 is 5.23. The van der Waals surface area contributed by atoms with Gasteiger partial charge in [0.1, 0.15) is 6.10 Å². The molecule has 0 bridgehead atoms. The van der Waals surface area contributed by atoms with Gasteiger partial charge in [-0.2, -0.15) is 0 Å². The van der Waals surface area contributed by atoms with Crippen LogP contribution in [0.3, 0.4) is 0 Å². The molecule has 91 valence electrons. The van der Waals surface area contributed by atoms with Crippen LogP contribution in [0.15, 0.2) is 6.08 Å². The van der Waals surface area contributed by atoms with Gasteiger partial charge in [-0.15, -0.1) is 0 Å². The van der Waals surface area contributed by atoms with Crippen LogP contribution in [0.5, 0.6) is 0 Å². The summed E-state index contributed by atoms with van der Waals surface area (Å²) in [6, 6.07) is 0. The fourth-order valence-electron chi connectivity index (χ4n) is 1.23. The van der Waals surface area contributed by atoms with E-state index in [9.17, 15) is 10.2 Å². The number of aliphatic hydroxyl groups excluding tert-OH is 3. The van der Waals surface area contributed by atoms with E-state index in [2.05, 4.69) is 0 Å². The summed E-state index contributed by atoms with van der Waals surface area (Å²) in [7, 11) is 1.00. The van der Waals surface area contributed by atoms with Crippen LogP contribution in [0.1, 0.15) is 13.3 Å². The van der Waals surface area contributed by atoms with Crippen molar-refractivity contribution in [3.8, 4) is 0 Å². The smallest absolute Gasteiger partial charge is 0.106 e. The van der Waals surface area contributed by atoms with Gasteiger partial charge >= 0.3 is 0 Å². The van der Waals surface area contributed by atoms with Gasteiger partial charge in [-0.25, -0.2) is 6.08 Å². The van der Waals surface area contributed by atoms with Crippen LogP contribution in [0.2, 0.25) is 0 Å². The van der Waals surface area contributed by atoms with Gasteiger partial charge in [0.15, 0.2) is 0 Å². The van der Waals surface area contributed by atoms with Gasteiger partial charge in [-0.1, -0.05) is 0 Å². The molecule has 6 heteroatoms. The second-order valence-corrected chi connectivity index (χ2v) is 2.87. The quantitative estimate of drug-likeness (QED) is 0.379. The molecule has 1 saturated heterocycles. The van der Waals surface area contributed by atoms with Crippen LogP contribution < -0.4 is 0 Å². The predicted molar refractivity (Wildman–Crippen MR) is 48.0 cm³/mol. The van der Waals surface area contributed by atoms with Gasteiger partial charge in [0.25, 0.3) is 0 Å². The summed E-state index contributed by atoms with van der Waals surface area (Å²) in [5.74, 6) is 0. The van der Waals surface area contributed by atoms with Crippen LogP contribution in [0.4, 0.5) is 0 Å². The third-order valence-electron chi connectivity index (χ3n) is 1.95. The van der Waals surface area contributed by atoms with E-state index in [4.69, 9.17) is 16.4 Å². The first-order valence-electron chi connectivity index (χ1n) is 4.16. The van der Waals surface area contributed by atoms with Crippen molar-refractivity contribution in [1.29, 1.82) is 0 Å². The maximum absolute atomic E-state index is 9.24. The molecule has 0 saturated carbocycles. The molecule has 4 unspecified atom stereocenters. The minimum atomic E-state index is -0.786. The van der Waals surface area contributed by atoms with Gasteiger partial charge in [0.05, 0.1) is 12.2 Å². The molecule has 4 nitrogen and oxygen atoms in total. The fraction of sp³-hybridized carbons (Fsp3) is 0.778. The predicted octanol–water partition coefficient (Wildman–Crippen LogP) is -0.522. The molecule has 15 heavy (non-hydrogen) atoms. The molecule has 0 aromatic heterocycles. The third-order valence-corrected chi connectivity index (χ3v) is 1.95. The largest absolute Gasteiger partial charge is 0.515 e. The van der Waals surface area contributed by atoms with E-state index in [1.54, 1.807) is 6.92 Å². The van der Waals surface area contributed by atoms with Crippen molar-refractivity contribution in [2.75, 3.05) is 7.11 Å². The summed E-state index contributed by atoms with van der Waals surface area (Å²) in [4.78, 5) is 0. The standard InChI is InChI=1S/C8H13O3.CH4O.Re.W/c1-3-6-4-7(9)8(10)5(2)11-6;1-2;;/h1,3,5-10H,4H2,2H3;2H,1H3;;/q-1;;;. The molecule has 0 amide bonds. The second-order valence-electron chi connectivity index (χ2n) is 2.87. The first-order chi connectivity index (χ1) is 6.15. The Balaban J connectivity index is -0.000000339. The summed E-state index contributed by atoms with van der Waals surface area (Å²) in [6.07, 6.45) is -0.310. The first kappa shape index (κ1) is 21.2. The van der Waals surface area contributed by atoms with Gasteiger partial charge in [-0.05, 0) is 6.92 Å². The molecule has 4 atom stereocenters. The average Bonchev–Trinajstić information content (AvgIpc) is 2.16. The molecule has 1 rings (SSSR count). The van der Waals surface area contributed by atoms with Gasteiger partial charge in [0, 0.05) is 61.1 Å². The van der Waals surface area contributed by atoms with Crippen molar-refractivity contribution in [2.24, 2.45) is 0 Å². The Kier molecular flexibility index (Phi) is 16.2. The fourth-order valence-corrected chi connectivity index (χ4v) is 1.23. The number of ether oxygens (including phenoxy) is 1. The molecule has 1 heterocycles. The molecule has 1 aliphatic heterocycles. The van der Waals surface area contributed by atoms with E-state index in [0.29, 0.717) is 6.42 Å². The molecule has 1 aliphatic rings.